The third kappa shape index (κ3) is 8.53. The first-order valence-corrected chi connectivity index (χ1v) is 9.65. The van der Waals surface area contributed by atoms with E-state index in [0.717, 1.165) is 49.3 Å². The Bertz CT molecular complexity index is 645. The molecule has 1 aromatic heterocycles. The van der Waals surface area contributed by atoms with Gasteiger partial charge in [0.2, 0.25) is 0 Å². The predicted octanol–water partition coefficient (Wildman–Crippen LogP) is 4.09. The van der Waals surface area contributed by atoms with Crippen LogP contribution in [0.3, 0.4) is 0 Å². The highest BCUT2D eigenvalue weighted by atomic mass is 127. The lowest BCUT2D eigenvalue weighted by Gasteiger charge is -2.18. The van der Waals surface area contributed by atoms with E-state index < -0.39 is 0 Å². The zero-order valence-electron chi connectivity index (χ0n) is 15.5. The number of halogens is 2. The van der Waals surface area contributed by atoms with Crippen molar-refractivity contribution in [2.24, 2.45) is 10.9 Å². The molecule has 0 saturated heterocycles. The number of rotatable bonds is 9. The molecule has 0 fully saturated rings. The third-order valence-corrected chi connectivity index (χ3v) is 4.71. The van der Waals surface area contributed by atoms with Crippen molar-refractivity contribution in [2.45, 2.75) is 32.7 Å². The highest BCUT2D eigenvalue weighted by Crippen LogP contribution is 2.16. The van der Waals surface area contributed by atoms with E-state index in [2.05, 4.69) is 72.3 Å². The number of nitrogens with zero attached hydrogens (tertiary/aromatic N) is 3. The minimum Gasteiger partial charge on any atom is -0.356 e. The molecule has 0 spiro atoms. The molecule has 0 aliphatic rings. The number of aryl methyl sites for hydroxylation is 1. The molecule has 2 aromatic rings. The van der Waals surface area contributed by atoms with Crippen LogP contribution in [0.15, 0.2) is 52.5 Å². The molecule has 0 amide bonds. The summed E-state index contributed by atoms with van der Waals surface area (Å²) in [5, 5.41) is 6.84. The van der Waals surface area contributed by atoms with Crippen LogP contribution in [0.5, 0.6) is 0 Å². The maximum atomic E-state index is 4.32. The van der Waals surface area contributed by atoms with Crippen molar-refractivity contribution in [3.8, 4) is 0 Å². The van der Waals surface area contributed by atoms with E-state index in [1.807, 2.05) is 25.8 Å². The highest BCUT2D eigenvalue weighted by molar-refractivity contribution is 14.0. The Morgan fingerprint density at radius 3 is 2.85 bits per heavy atom. The van der Waals surface area contributed by atoms with Crippen LogP contribution < -0.4 is 10.6 Å². The number of aliphatic imine (C=N–C) groups is 1. The predicted molar refractivity (Wildman–Crippen MR) is 123 cm³/mol. The minimum absolute atomic E-state index is 0. The molecule has 1 aromatic carbocycles. The SMILES string of the molecule is CCC(CNC(=NC)NCCCn1ccnc1)Cc1cccc(Br)c1.I. The third-order valence-electron chi connectivity index (χ3n) is 4.22. The van der Waals surface area contributed by atoms with Crippen LogP contribution in [0, 0.1) is 5.92 Å². The molecule has 0 aliphatic heterocycles. The highest BCUT2D eigenvalue weighted by Gasteiger charge is 2.09. The number of hydrogen-bond acceptors (Lipinski definition) is 2. The summed E-state index contributed by atoms with van der Waals surface area (Å²) in [5.74, 6) is 1.46. The second kappa shape index (κ2) is 13.1. The maximum Gasteiger partial charge on any atom is 0.190 e. The summed E-state index contributed by atoms with van der Waals surface area (Å²) in [6, 6.07) is 8.56. The number of benzene rings is 1. The number of nitrogens with one attached hydrogen (secondary N) is 2. The van der Waals surface area contributed by atoms with E-state index in [9.17, 15) is 0 Å². The Labute approximate surface area is 182 Å². The molecule has 0 radical (unpaired) electrons. The number of aromatic nitrogens is 2. The molecule has 7 heteroatoms. The fourth-order valence-electron chi connectivity index (χ4n) is 2.71. The van der Waals surface area contributed by atoms with Crippen LogP contribution in [0.25, 0.3) is 0 Å². The van der Waals surface area contributed by atoms with Gasteiger partial charge in [0.25, 0.3) is 0 Å². The van der Waals surface area contributed by atoms with Crippen molar-refractivity contribution in [3.63, 3.8) is 0 Å². The van der Waals surface area contributed by atoms with Gasteiger partial charge in [0.1, 0.15) is 0 Å². The van der Waals surface area contributed by atoms with Gasteiger partial charge in [-0.3, -0.25) is 4.99 Å². The first kappa shape index (κ1) is 23.0. The van der Waals surface area contributed by atoms with E-state index in [0.29, 0.717) is 5.92 Å². The van der Waals surface area contributed by atoms with Crippen LogP contribution in [0.1, 0.15) is 25.3 Å². The summed E-state index contributed by atoms with van der Waals surface area (Å²) in [7, 11) is 1.82. The van der Waals surface area contributed by atoms with E-state index >= 15 is 0 Å². The lowest BCUT2D eigenvalue weighted by atomic mass is 9.97. The quantitative estimate of drug-likeness (QED) is 0.221. The van der Waals surface area contributed by atoms with E-state index in [1.54, 1.807) is 0 Å². The molecule has 0 saturated carbocycles. The molecular formula is C19H29BrIN5. The largest absolute Gasteiger partial charge is 0.356 e. The minimum atomic E-state index is 0. The van der Waals surface area contributed by atoms with Crippen LogP contribution >= 0.6 is 39.9 Å². The van der Waals surface area contributed by atoms with Gasteiger partial charge in [-0.15, -0.1) is 24.0 Å². The van der Waals surface area contributed by atoms with Gasteiger partial charge in [-0.25, -0.2) is 4.98 Å². The number of hydrogen-bond donors (Lipinski definition) is 2. The summed E-state index contributed by atoms with van der Waals surface area (Å²) in [6.45, 7) is 5.01. The fraction of sp³-hybridized carbons (Fsp3) is 0.474. The van der Waals surface area contributed by atoms with Gasteiger partial charge in [-0.1, -0.05) is 41.4 Å². The fourth-order valence-corrected chi connectivity index (χ4v) is 3.15. The topological polar surface area (TPSA) is 54.2 Å². The molecular weight excluding hydrogens is 505 g/mol. The molecule has 1 unspecified atom stereocenters. The van der Waals surface area contributed by atoms with Crippen LogP contribution in [0.4, 0.5) is 0 Å². The first-order chi connectivity index (χ1) is 12.2. The summed E-state index contributed by atoms with van der Waals surface area (Å²) in [5.41, 5.74) is 1.37. The van der Waals surface area contributed by atoms with Gasteiger partial charge in [-0.2, -0.15) is 0 Å². The number of imidazole rings is 1. The van der Waals surface area contributed by atoms with Crippen LogP contribution in [0.2, 0.25) is 0 Å². The Balaban J connectivity index is 0.00000338. The average molecular weight is 534 g/mol. The van der Waals surface area contributed by atoms with E-state index in [-0.39, 0.29) is 24.0 Å². The Morgan fingerprint density at radius 1 is 1.35 bits per heavy atom. The van der Waals surface area contributed by atoms with Crippen molar-refractivity contribution in [1.82, 2.24) is 20.2 Å². The summed E-state index contributed by atoms with van der Waals surface area (Å²) in [6.07, 6.45) is 8.88. The standard InChI is InChI=1S/C19H28BrN5.HI/c1-3-16(12-17-6-4-7-18(20)13-17)14-24-19(21-2)23-8-5-10-25-11-9-22-15-25;/h4,6-7,9,11,13,15-16H,3,5,8,10,12,14H2,1-2H3,(H2,21,23,24);1H. The second-order valence-corrected chi connectivity index (χ2v) is 7.06. The summed E-state index contributed by atoms with van der Waals surface area (Å²) in [4.78, 5) is 8.37. The molecule has 0 aliphatic carbocycles. The van der Waals surface area contributed by atoms with Crippen LogP contribution in [-0.2, 0) is 13.0 Å². The molecule has 5 nitrogen and oxygen atoms in total. The maximum absolute atomic E-state index is 4.32. The van der Waals surface area contributed by atoms with Gasteiger partial charge in [-0.05, 0) is 36.5 Å². The molecule has 144 valence electrons. The van der Waals surface area contributed by atoms with Gasteiger partial charge >= 0.3 is 0 Å². The van der Waals surface area contributed by atoms with E-state index in [1.165, 1.54) is 5.56 Å². The zero-order valence-corrected chi connectivity index (χ0v) is 19.4. The van der Waals surface area contributed by atoms with Crippen molar-refractivity contribution in [1.29, 1.82) is 0 Å². The second-order valence-electron chi connectivity index (χ2n) is 6.14. The van der Waals surface area contributed by atoms with Crippen LogP contribution in [-0.4, -0.2) is 35.6 Å². The van der Waals surface area contributed by atoms with Crippen molar-refractivity contribution >= 4 is 45.9 Å². The lowest BCUT2D eigenvalue weighted by Crippen LogP contribution is -2.40. The monoisotopic (exact) mass is 533 g/mol. The van der Waals surface area contributed by atoms with Gasteiger partial charge in [0, 0.05) is 43.5 Å². The summed E-state index contributed by atoms with van der Waals surface area (Å²) < 4.78 is 3.23. The lowest BCUT2D eigenvalue weighted by molar-refractivity contribution is 0.493. The van der Waals surface area contributed by atoms with Gasteiger partial charge in [0.05, 0.1) is 6.33 Å². The smallest absolute Gasteiger partial charge is 0.190 e. The van der Waals surface area contributed by atoms with Gasteiger partial charge < -0.3 is 15.2 Å². The Morgan fingerprint density at radius 2 is 2.19 bits per heavy atom. The molecule has 2 N–H and O–H groups in total. The molecule has 26 heavy (non-hydrogen) atoms. The van der Waals surface area contributed by atoms with Gasteiger partial charge in [0.15, 0.2) is 5.96 Å². The van der Waals surface area contributed by atoms with E-state index in [4.69, 9.17) is 0 Å². The van der Waals surface area contributed by atoms with Crippen molar-refractivity contribution < 1.29 is 0 Å². The Hall–Kier alpha value is -1.09. The normalized spacial score (nSPS) is 12.3. The van der Waals surface area contributed by atoms with Crippen molar-refractivity contribution in [2.75, 3.05) is 20.1 Å². The average Bonchev–Trinajstić information content (AvgIpc) is 3.13. The Kier molecular flexibility index (Phi) is 11.6. The molecule has 0 bridgehead atoms. The summed E-state index contributed by atoms with van der Waals surface area (Å²) >= 11 is 3.55. The molecule has 2 rings (SSSR count). The number of guanidine groups is 1. The van der Waals surface area contributed by atoms with Crippen molar-refractivity contribution in [3.05, 3.63) is 53.0 Å². The first-order valence-electron chi connectivity index (χ1n) is 8.86. The molecule has 1 heterocycles. The zero-order chi connectivity index (χ0) is 17.9. The molecule has 1 atom stereocenters.